The molecular formula is C22H34N4O. The molecule has 2 fully saturated rings. The summed E-state index contributed by atoms with van der Waals surface area (Å²) in [5.41, 5.74) is 8.99. The van der Waals surface area contributed by atoms with E-state index >= 15 is 0 Å². The molecule has 27 heavy (non-hydrogen) atoms. The topological polar surface area (TPSA) is 70.4 Å². The highest BCUT2D eigenvalue weighted by molar-refractivity contribution is 5.82. The minimum Gasteiger partial charge on any atom is -0.337 e. The van der Waals surface area contributed by atoms with Crippen molar-refractivity contribution >= 4 is 5.91 Å². The van der Waals surface area contributed by atoms with E-state index in [9.17, 15) is 4.79 Å². The van der Waals surface area contributed by atoms with Gasteiger partial charge in [0.05, 0.1) is 6.04 Å². The summed E-state index contributed by atoms with van der Waals surface area (Å²) >= 11 is 0. The smallest absolute Gasteiger partial charge is 0.240 e. The highest BCUT2D eigenvalue weighted by Gasteiger charge is 2.36. The third-order valence-corrected chi connectivity index (χ3v) is 6.75. The summed E-state index contributed by atoms with van der Waals surface area (Å²) in [7, 11) is 0. The van der Waals surface area contributed by atoms with Crippen molar-refractivity contribution in [1.82, 2.24) is 15.5 Å². The Morgan fingerprint density at radius 1 is 1.26 bits per heavy atom. The quantitative estimate of drug-likeness (QED) is 0.742. The second-order valence-electron chi connectivity index (χ2n) is 8.64. The number of amides is 1. The van der Waals surface area contributed by atoms with Crippen molar-refractivity contribution in [2.45, 2.75) is 82.1 Å². The van der Waals surface area contributed by atoms with E-state index in [2.05, 4.69) is 39.8 Å². The minimum atomic E-state index is -0.0532. The molecule has 4 N–H and O–H groups in total. The van der Waals surface area contributed by atoms with Gasteiger partial charge < -0.3 is 21.3 Å². The van der Waals surface area contributed by atoms with Crippen molar-refractivity contribution in [1.29, 1.82) is 0 Å². The van der Waals surface area contributed by atoms with Crippen molar-refractivity contribution in [3.63, 3.8) is 0 Å². The third-order valence-electron chi connectivity index (χ3n) is 6.75. The van der Waals surface area contributed by atoms with Gasteiger partial charge in [-0.1, -0.05) is 24.3 Å². The molecule has 0 radical (unpaired) electrons. The Hall–Kier alpha value is -1.43. The van der Waals surface area contributed by atoms with Gasteiger partial charge in [-0.05, 0) is 63.0 Å². The van der Waals surface area contributed by atoms with Crippen molar-refractivity contribution in [3.8, 4) is 0 Å². The van der Waals surface area contributed by atoms with Crippen LogP contribution in [0.2, 0.25) is 0 Å². The lowest BCUT2D eigenvalue weighted by Gasteiger charge is -2.36. The van der Waals surface area contributed by atoms with Gasteiger partial charge in [-0.3, -0.25) is 4.79 Å². The van der Waals surface area contributed by atoms with E-state index in [0.717, 1.165) is 51.6 Å². The Balaban J connectivity index is 1.34. The van der Waals surface area contributed by atoms with Crippen LogP contribution < -0.4 is 16.4 Å². The molecule has 3 aliphatic rings. The predicted octanol–water partition coefficient (Wildman–Crippen LogP) is 2.11. The van der Waals surface area contributed by atoms with Crippen LogP contribution in [0.5, 0.6) is 0 Å². The van der Waals surface area contributed by atoms with Gasteiger partial charge in [0.2, 0.25) is 5.91 Å². The summed E-state index contributed by atoms with van der Waals surface area (Å²) in [5, 5.41) is 7.28. The molecule has 5 nitrogen and oxygen atoms in total. The summed E-state index contributed by atoms with van der Waals surface area (Å²) in [6.07, 6.45) is 7.65. The second-order valence-corrected chi connectivity index (χ2v) is 8.64. The van der Waals surface area contributed by atoms with E-state index < -0.39 is 0 Å². The molecule has 4 unspecified atom stereocenters. The predicted molar refractivity (Wildman–Crippen MR) is 108 cm³/mol. The molecule has 0 spiro atoms. The lowest BCUT2D eigenvalue weighted by molar-refractivity contribution is -0.135. The standard InChI is InChI=1S/C22H34N4O/c1-15(23)19-9-4-10-21(25-19)22(27)26-13-5-7-17(26)14-24-20-12-11-16-6-2-3-8-18(16)20/h2-3,6,8,15,17,19-21,24-25H,4-5,7,9-14,23H2,1H3/t15?,17?,19?,20-,21?/m1/s1. The van der Waals surface area contributed by atoms with Crippen molar-refractivity contribution in [2.75, 3.05) is 13.1 Å². The minimum absolute atomic E-state index is 0.0532. The Labute approximate surface area is 163 Å². The van der Waals surface area contributed by atoms with Crippen molar-refractivity contribution in [2.24, 2.45) is 5.73 Å². The molecule has 1 aromatic rings. The number of fused-ring (bicyclic) bond motifs is 1. The maximum atomic E-state index is 13.2. The molecule has 4 rings (SSSR count). The van der Waals surface area contributed by atoms with Crippen LogP contribution in [0.15, 0.2) is 24.3 Å². The van der Waals surface area contributed by atoms with E-state index in [0.29, 0.717) is 12.1 Å². The Kier molecular flexibility index (Phi) is 5.81. The summed E-state index contributed by atoms with van der Waals surface area (Å²) in [6, 6.07) is 9.82. The van der Waals surface area contributed by atoms with Gasteiger partial charge in [0, 0.05) is 37.3 Å². The van der Waals surface area contributed by atoms with Crippen LogP contribution in [0, 0.1) is 0 Å². The van der Waals surface area contributed by atoms with Crippen LogP contribution in [0.25, 0.3) is 0 Å². The Morgan fingerprint density at radius 3 is 2.96 bits per heavy atom. The summed E-state index contributed by atoms with van der Waals surface area (Å²) < 4.78 is 0. The molecule has 2 aliphatic heterocycles. The number of likely N-dealkylation sites (tertiary alicyclic amines) is 1. The lowest BCUT2D eigenvalue weighted by Crippen LogP contribution is -2.57. The highest BCUT2D eigenvalue weighted by atomic mass is 16.2. The summed E-state index contributed by atoms with van der Waals surface area (Å²) in [6.45, 7) is 3.83. The number of nitrogens with zero attached hydrogens (tertiary/aromatic N) is 1. The molecule has 0 saturated carbocycles. The average molecular weight is 371 g/mol. The van der Waals surface area contributed by atoms with Crippen LogP contribution >= 0.6 is 0 Å². The van der Waals surface area contributed by atoms with E-state index in [1.165, 1.54) is 17.5 Å². The number of aryl methyl sites for hydroxylation is 1. The van der Waals surface area contributed by atoms with E-state index in [-0.39, 0.29) is 24.0 Å². The Bertz CT molecular complexity index is 661. The van der Waals surface area contributed by atoms with Gasteiger partial charge in [-0.2, -0.15) is 0 Å². The maximum absolute atomic E-state index is 13.2. The van der Waals surface area contributed by atoms with Gasteiger partial charge >= 0.3 is 0 Å². The number of benzene rings is 1. The molecule has 0 aromatic heterocycles. The lowest BCUT2D eigenvalue weighted by atomic mass is 9.94. The molecule has 2 heterocycles. The fraction of sp³-hybridized carbons (Fsp3) is 0.682. The first-order valence-electron chi connectivity index (χ1n) is 10.8. The zero-order chi connectivity index (χ0) is 18.8. The number of hydrogen-bond donors (Lipinski definition) is 3. The van der Waals surface area contributed by atoms with E-state index in [1.807, 2.05) is 6.92 Å². The molecule has 1 amide bonds. The van der Waals surface area contributed by atoms with Gasteiger partial charge in [0.25, 0.3) is 0 Å². The average Bonchev–Trinajstić information content (AvgIpc) is 3.32. The van der Waals surface area contributed by atoms with E-state index in [1.54, 1.807) is 0 Å². The normalized spacial score (nSPS) is 31.7. The molecule has 1 aromatic carbocycles. The highest BCUT2D eigenvalue weighted by Crippen LogP contribution is 2.31. The molecule has 0 bridgehead atoms. The fourth-order valence-corrected chi connectivity index (χ4v) is 5.16. The van der Waals surface area contributed by atoms with Crippen LogP contribution in [0.1, 0.15) is 62.6 Å². The third kappa shape index (κ3) is 4.05. The molecule has 5 heteroatoms. The number of carbonyl (C=O) groups is 1. The Morgan fingerprint density at radius 2 is 2.11 bits per heavy atom. The molecule has 2 saturated heterocycles. The molecule has 5 atom stereocenters. The first-order valence-corrected chi connectivity index (χ1v) is 10.8. The molecular weight excluding hydrogens is 336 g/mol. The van der Waals surface area contributed by atoms with Gasteiger partial charge in [0.1, 0.15) is 0 Å². The fourth-order valence-electron chi connectivity index (χ4n) is 5.16. The number of carbonyl (C=O) groups excluding carboxylic acids is 1. The monoisotopic (exact) mass is 370 g/mol. The number of nitrogens with two attached hydrogens (primary N) is 1. The summed E-state index contributed by atoms with van der Waals surface area (Å²) in [5.74, 6) is 0.288. The molecule has 148 valence electrons. The number of rotatable bonds is 5. The van der Waals surface area contributed by atoms with Crippen molar-refractivity contribution in [3.05, 3.63) is 35.4 Å². The molecule has 1 aliphatic carbocycles. The van der Waals surface area contributed by atoms with Crippen LogP contribution in [-0.4, -0.2) is 48.1 Å². The first-order chi connectivity index (χ1) is 13.1. The largest absolute Gasteiger partial charge is 0.337 e. The first kappa shape index (κ1) is 18.9. The van der Waals surface area contributed by atoms with Gasteiger partial charge in [0.15, 0.2) is 0 Å². The summed E-state index contributed by atoms with van der Waals surface area (Å²) in [4.78, 5) is 15.3. The number of hydrogen-bond acceptors (Lipinski definition) is 4. The zero-order valence-corrected chi connectivity index (χ0v) is 16.5. The van der Waals surface area contributed by atoms with E-state index in [4.69, 9.17) is 5.73 Å². The number of piperidine rings is 1. The van der Waals surface area contributed by atoms with Crippen molar-refractivity contribution < 1.29 is 4.79 Å². The SMILES string of the molecule is CC(N)C1CCCC(C(=O)N2CCCC2CN[C@@H]2CCc3ccccc32)N1. The zero-order valence-electron chi connectivity index (χ0n) is 16.5. The number of nitrogens with one attached hydrogen (secondary N) is 2. The van der Waals surface area contributed by atoms with Gasteiger partial charge in [-0.25, -0.2) is 0 Å². The second kappa shape index (κ2) is 8.29. The van der Waals surface area contributed by atoms with Crippen LogP contribution in [0.3, 0.4) is 0 Å². The van der Waals surface area contributed by atoms with Crippen LogP contribution in [-0.2, 0) is 11.2 Å². The maximum Gasteiger partial charge on any atom is 0.240 e. The van der Waals surface area contributed by atoms with Crippen LogP contribution in [0.4, 0.5) is 0 Å². The van der Waals surface area contributed by atoms with Gasteiger partial charge in [-0.15, -0.1) is 0 Å².